The first-order valence-corrected chi connectivity index (χ1v) is 8.85. The number of Topliss-reactive ketones (excluding diaryl/α,β-unsaturated/α-hetero) is 1. The van der Waals surface area contributed by atoms with Crippen molar-refractivity contribution in [1.82, 2.24) is 5.32 Å². The maximum Gasteiger partial charge on any atom is 0.220 e. The number of carbonyl (C=O) groups excluding carboxylic acids is 2. The fraction of sp³-hybridized carbons (Fsp3) is 0.263. The zero-order valence-electron chi connectivity index (χ0n) is 13.6. The number of amides is 1. The minimum atomic E-state index is -0.147. The van der Waals surface area contributed by atoms with Crippen LogP contribution < -0.4 is 14.8 Å². The number of benzene rings is 2. The van der Waals surface area contributed by atoms with Gasteiger partial charge in [0.2, 0.25) is 5.91 Å². The summed E-state index contributed by atoms with van der Waals surface area (Å²) in [4.78, 5) is 24.2. The minimum Gasteiger partial charge on any atom is -0.486 e. The van der Waals surface area contributed by atoms with Crippen LogP contribution >= 0.6 is 15.9 Å². The predicted octanol–water partition coefficient (Wildman–Crippen LogP) is 3.50. The number of ketones is 1. The van der Waals surface area contributed by atoms with Crippen LogP contribution in [-0.4, -0.2) is 24.9 Å². The Kier molecular flexibility index (Phi) is 5.71. The summed E-state index contributed by atoms with van der Waals surface area (Å²) < 4.78 is 11.9. The summed E-state index contributed by atoms with van der Waals surface area (Å²) in [6.07, 6.45) is 0.311. The molecule has 0 spiro atoms. The summed E-state index contributed by atoms with van der Waals surface area (Å²) in [6.45, 7) is 1.43. The van der Waals surface area contributed by atoms with Crippen molar-refractivity contribution in [3.05, 3.63) is 58.1 Å². The van der Waals surface area contributed by atoms with Crippen LogP contribution in [0, 0.1) is 0 Å². The highest BCUT2D eigenvalue weighted by molar-refractivity contribution is 9.10. The lowest BCUT2D eigenvalue weighted by Crippen LogP contribution is -2.23. The van der Waals surface area contributed by atoms with Crippen molar-refractivity contribution >= 4 is 27.6 Å². The molecule has 0 atom stereocenters. The highest BCUT2D eigenvalue weighted by atomic mass is 79.9. The molecule has 1 heterocycles. The van der Waals surface area contributed by atoms with Gasteiger partial charge in [0.1, 0.15) is 13.2 Å². The van der Waals surface area contributed by atoms with E-state index >= 15 is 0 Å². The van der Waals surface area contributed by atoms with Crippen molar-refractivity contribution in [1.29, 1.82) is 0 Å². The number of carbonyl (C=O) groups is 2. The zero-order chi connectivity index (χ0) is 17.6. The Morgan fingerprint density at radius 3 is 2.60 bits per heavy atom. The number of fused-ring (bicyclic) bond motifs is 1. The van der Waals surface area contributed by atoms with E-state index in [2.05, 4.69) is 21.2 Å². The Balaban J connectivity index is 1.49. The Bertz CT molecular complexity index is 791. The van der Waals surface area contributed by atoms with Gasteiger partial charge in [-0.1, -0.05) is 28.1 Å². The lowest BCUT2D eigenvalue weighted by atomic mass is 10.1. The first kappa shape index (κ1) is 17.5. The molecule has 2 aromatic rings. The van der Waals surface area contributed by atoms with Gasteiger partial charge in [-0.15, -0.1) is 0 Å². The quantitative estimate of drug-likeness (QED) is 0.749. The van der Waals surface area contributed by atoms with Crippen LogP contribution in [0.25, 0.3) is 0 Å². The highest BCUT2D eigenvalue weighted by Gasteiger charge is 2.15. The van der Waals surface area contributed by atoms with Crippen LogP contribution in [0.1, 0.15) is 28.8 Å². The molecule has 1 N–H and O–H groups in total. The number of nitrogens with one attached hydrogen (secondary N) is 1. The molecule has 1 amide bonds. The smallest absolute Gasteiger partial charge is 0.220 e. The van der Waals surface area contributed by atoms with Gasteiger partial charge in [0, 0.05) is 29.4 Å². The van der Waals surface area contributed by atoms with Crippen molar-refractivity contribution in [2.45, 2.75) is 19.4 Å². The van der Waals surface area contributed by atoms with Crippen molar-refractivity contribution in [3.63, 3.8) is 0 Å². The molecule has 3 rings (SSSR count). The average Bonchev–Trinajstić information content (AvgIpc) is 2.64. The third-order valence-corrected chi connectivity index (χ3v) is 4.32. The van der Waals surface area contributed by atoms with Crippen molar-refractivity contribution < 1.29 is 19.1 Å². The van der Waals surface area contributed by atoms with Gasteiger partial charge in [0.15, 0.2) is 17.3 Å². The van der Waals surface area contributed by atoms with E-state index in [-0.39, 0.29) is 24.5 Å². The van der Waals surface area contributed by atoms with Crippen LogP contribution in [0.5, 0.6) is 11.5 Å². The maximum atomic E-state index is 12.3. The molecular formula is C19H18BrNO4. The lowest BCUT2D eigenvalue weighted by Gasteiger charge is -2.18. The van der Waals surface area contributed by atoms with Gasteiger partial charge >= 0.3 is 0 Å². The van der Waals surface area contributed by atoms with Gasteiger partial charge in [-0.3, -0.25) is 9.59 Å². The molecule has 0 radical (unpaired) electrons. The van der Waals surface area contributed by atoms with Gasteiger partial charge in [-0.25, -0.2) is 0 Å². The van der Waals surface area contributed by atoms with E-state index in [1.807, 2.05) is 24.3 Å². The largest absolute Gasteiger partial charge is 0.486 e. The number of ether oxygens (including phenoxy) is 2. The van der Waals surface area contributed by atoms with Gasteiger partial charge in [0.05, 0.1) is 0 Å². The second kappa shape index (κ2) is 8.16. The fourth-order valence-corrected chi connectivity index (χ4v) is 2.97. The van der Waals surface area contributed by atoms with Crippen LogP contribution in [0.15, 0.2) is 46.9 Å². The van der Waals surface area contributed by atoms with E-state index in [1.54, 1.807) is 18.2 Å². The Labute approximate surface area is 154 Å². The van der Waals surface area contributed by atoms with E-state index in [1.165, 1.54) is 0 Å². The molecule has 2 aromatic carbocycles. The highest BCUT2D eigenvalue weighted by Crippen LogP contribution is 2.31. The summed E-state index contributed by atoms with van der Waals surface area (Å²) in [5.41, 5.74) is 1.53. The van der Waals surface area contributed by atoms with Crippen molar-refractivity contribution in [2.75, 3.05) is 13.2 Å². The first-order chi connectivity index (χ1) is 12.1. The number of hydrogen-bond donors (Lipinski definition) is 1. The third kappa shape index (κ3) is 4.82. The van der Waals surface area contributed by atoms with Gasteiger partial charge < -0.3 is 14.8 Å². The molecule has 0 aromatic heterocycles. The van der Waals surface area contributed by atoms with E-state index in [4.69, 9.17) is 9.47 Å². The van der Waals surface area contributed by atoms with Crippen LogP contribution in [0.3, 0.4) is 0 Å². The lowest BCUT2D eigenvalue weighted by molar-refractivity contribution is -0.121. The standard InChI is InChI=1S/C19H18BrNO4/c20-15-3-1-2-13(10-15)12-21-19(23)7-5-16(22)14-4-6-17-18(11-14)25-9-8-24-17/h1-4,6,10-11H,5,7-9,12H2,(H,21,23). The minimum absolute atomic E-state index is 0.0884. The molecule has 130 valence electrons. The summed E-state index contributed by atoms with van der Waals surface area (Å²) in [7, 11) is 0. The Morgan fingerprint density at radius 1 is 1.00 bits per heavy atom. The molecule has 6 heteroatoms. The topological polar surface area (TPSA) is 64.6 Å². The number of rotatable bonds is 6. The zero-order valence-corrected chi connectivity index (χ0v) is 15.2. The van der Waals surface area contributed by atoms with Gasteiger partial charge in [-0.05, 0) is 35.9 Å². The second-order valence-electron chi connectivity index (χ2n) is 5.69. The van der Waals surface area contributed by atoms with Gasteiger partial charge in [-0.2, -0.15) is 0 Å². The monoisotopic (exact) mass is 403 g/mol. The molecule has 25 heavy (non-hydrogen) atoms. The molecular weight excluding hydrogens is 386 g/mol. The summed E-state index contributed by atoms with van der Waals surface area (Å²) in [5, 5.41) is 2.83. The molecule has 1 aliphatic heterocycles. The van der Waals surface area contributed by atoms with Crippen molar-refractivity contribution in [2.24, 2.45) is 0 Å². The number of hydrogen-bond acceptors (Lipinski definition) is 4. The third-order valence-electron chi connectivity index (χ3n) is 3.82. The van der Waals surface area contributed by atoms with Crippen LogP contribution in [0.4, 0.5) is 0 Å². The molecule has 0 fully saturated rings. The molecule has 0 saturated carbocycles. The molecule has 0 bridgehead atoms. The number of halogens is 1. The average molecular weight is 404 g/mol. The van der Waals surface area contributed by atoms with E-state index < -0.39 is 0 Å². The molecule has 5 nitrogen and oxygen atoms in total. The first-order valence-electron chi connectivity index (χ1n) is 8.06. The molecule has 0 aliphatic carbocycles. The predicted molar refractivity (Wildman–Crippen MR) is 97.0 cm³/mol. The second-order valence-corrected chi connectivity index (χ2v) is 6.60. The van der Waals surface area contributed by atoms with Gasteiger partial charge in [0.25, 0.3) is 0 Å². The maximum absolute atomic E-state index is 12.3. The Morgan fingerprint density at radius 2 is 1.80 bits per heavy atom. The summed E-state index contributed by atoms with van der Waals surface area (Å²) in [6, 6.07) is 12.8. The Hall–Kier alpha value is -2.34. The molecule has 1 aliphatic rings. The normalized spacial score (nSPS) is 12.5. The van der Waals surface area contributed by atoms with Crippen LogP contribution in [-0.2, 0) is 11.3 Å². The summed E-state index contributed by atoms with van der Waals surface area (Å²) in [5.74, 6) is 0.992. The molecule has 0 unspecified atom stereocenters. The molecule has 0 saturated heterocycles. The van der Waals surface area contributed by atoms with E-state index in [0.29, 0.717) is 36.8 Å². The fourth-order valence-electron chi connectivity index (χ4n) is 2.52. The van der Waals surface area contributed by atoms with Crippen molar-refractivity contribution in [3.8, 4) is 11.5 Å². The summed E-state index contributed by atoms with van der Waals surface area (Å²) >= 11 is 3.39. The van der Waals surface area contributed by atoms with E-state index in [9.17, 15) is 9.59 Å². The van der Waals surface area contributed by atoms with E-state index in [0.717, 1.165) is 10.0 Å². The van der Waals surface area contributed by atoms with Crippen LogP contribution in [0.2, 0.25) is 0 Å². The SMILES string of the molecule is O=C(CCC(=O)c1ccc2c(c1)OCCO2)NCc1cccc(Br)c1.